The van der Waals surface area contributed by atoms with Gasteiger partial charge in [0.25, 0.3) is 0 Å². The van der Waals surface area contributed by atoms with Crippen molar-refractivity contribution in [1.29, 1.82) is 0 Å². The molecule has 0 fully saturated rings. The Balaban J connectivity index is 2.62. The number of fused-ring (bicyclic) bond motifs is 1. The lowest BCUT2D eigenvalue weighted by molar-refractivity contribution is -0.289. The number of rotatable bonds is 2. The summed E-state index contributed by atoms with van der Waals surface area (Å²) in [5.74, 6) is 0.527. The van der Waals surface area contributed by atoms with E-state index in [1.54, 1.807) is 19.2 Å². The Labute approximate surface area is 98.5 Å². The van der Waals surface area contributed by atoms with E-state index in [9.17, 15) is 0 Å². The number of aryl methyl sites for hydroxylation is 1. The van der Waals surface area contributed by atoms with E-state index in [1.165, 1.54) is 4.52 Å². The fourth-order valence-corrected chi connectivity index (χ4v) is 1.83. The SMILES string of the molecule is Cc1nc(NC(O)(O)O)c2c(Br)ccn2n1. The summed E-state index contributed by atoms with van der Waals surface area (Å²) in [6.45, 7) is 1.65. The van der Waals surface area contributed by atoms with Crippen molar-refractivity contribution in [2.75, 3.05) is 5.32 Å². The van der Waals surface area contributed by atoms with Gasteiger partial charge in [-0.05, 0) is 28.9 Å². The monoisotopic (exact) mass is 288 g/mol. The Hall–Kier alpha value is -1.22. The van der Waals surface area contributed by atoms with E-state index in [1.807, 2.05) is 0 Å². The first kappa shape index (κ1) is 11.3. The van der Waals surface area contributed by atoms with Gasteiger partial charge in [-0.3, -0.25) is 5.32 Å². The summed E-state index contributed by atoms with van der Waals surface area (Å²) in [5.41, 5.74) is 0.493. The molecule has 16 heavy (non-hydrogen) atoms. The number of hydrogen-bond donors (Lipinski definition) is 4. The highest BCUT2D eigenvalue weighted by atomic mass is 79.9. The highest BCUT2D eigenvalue weighted by Crippen LogP contribution is 2.25. The minimum absolute atomic E-state index is 0.108. The van der Waals surface area contributed by atoms with Gasteiger partial charge in [0.2, 0.25) is 0 Å². The van der Waals surface area contributed by atoms with Crippen molar-refractivity contribution in [2.24, 2.45) is 0 Å². The molecule has 2 heterocycles. The minimum atomic E-state index is -3.02. The van der Waals surface area contributed by atoms with Crippen LogP contribution >= 0.6 is 15.9 Å². The first-order chi connectivity index (χ1) is 7.37. The first-order valence-electron chi connectivity index (χ1n) is 4.33. The van der Waals surface area contributed by atoms with Gasteiger partial charge in [0.1, 0.15) is 11.3 Å². The Bertz CT molecular complexity index is 534. The van der Waals surface area contributed by atoms with Crippen LogP contribution in [0.1, 0.15) is 5.82 Å². The zero-order valence-electron chi connectivity index (χ0n) is 8.22. The predicted molar refractivity (Wildman–Crippen MR) is 58.4 cm³/mol. The van der Waals surface area contributed by atoms with Crippen molar-refractivity contribution < 1.29 is 15.3 Å². The molecule has 0 saturated carbocycles. The van der Waals surface area contributed by atoms with Crippen LogP contribution in [0.5, 0.6) is 0 Å². The third-order valence-electron chi connectivity index (χ3n) is 1.85. The van der Waals surface area contributed by atoms with Crippen LogP contribution in [0.15, 0.2) is 16.7 Å². The summed E-state index contributed by atoms with van der Waals surface area (Å²) in [4.78, 5) is 3.97. The van der Waals surface area contributed by atoms with Crippen LogP contribution < -0.4 is 5.32 Å². The van der Waals surface area contributed by atoms with E-state index in [4.69, 9.17) is 15.3 Å². The third-order valence-corrected chi connectivity index (χ3v) is 2.49. The fourth-order valence-electron chi connectivity index (χ4n) is 1.34. The molecule has 4 N–H and O–H groups in total. The molecule has 0 amide bonds. The molecule has 7 nitrogen and oxygen atoms in total. The molecule has 0 aromatic carbocycles. The number of nitrogens with one attached hydrogen (secondary N) is 1. The maximum atomic E-state index is 8.86. The second-order valence-electron chi connectivity index (χ2n) is 3.22. The average molecular weight is 289 g/mol. The molecule has 0 aliphatic heterocycles. The van der Waals surface area contributed by atoms with E-state index in [0.29, 0.717) is 15.8 Å². The molecule has 0 aliphatic carbocycles. The van der Waals surface area contributed by atoms with Gasteiger partial charge < -0.3 is 15.3 Å². The molecule has 0 aliphatic rings. The van der Waals surface area contributed by atoms with Crippen molar-refractivity contribution in [2.45, 2.75) is 13.0 Å². The highest BCUT2D eigenvalue weighted by Gasteiger charge is 2.21. The molecule has 0 bridgehead atoms. The van der Waals surface area contributed by atoms with Crippen molar-refractivity contribution in [3.8, 4) is 0 Å². The normalized spacial score (nSPS) is 12.1. The zero-order valence-corrected chi connectivity index (χ0v) is 9.80. The highest BCUT2D eigenvalue weighted by molar-refractivity contribution is 9.10. The smallest absolute Gasteiger partial charge is 0.325 e. The molecule has 2 rings (SSSR count). The number of halogens is 1. The van der Waals surface area contributed by atoms with Crippen LogP contribution in [0.4, 0.5) is 5.82 Å². The maximum Gasteiger partial charge on any atom is 0.368 e. The van der Waals surface area contributed by atoms with Crippen LogP contribution in [0.3, 0.4) is 0 Å². The molecule has 0 radical (unpaired) electrons. The van der Waals surface area contributed by atoms with E-state index >= 15 is 0 Å². The van der Waals surface area contributed by atoms with Crippen LogP contribution in [0, 0.1) is 6.92 Å². The third kappa shape index (κ3) is 2.14. The number of anilines is 1. The van der Waals surface area contributed by atoms with Crippen LogP contribution in [-0.2, 0) is 0 Å². The van der Waals surface area contributed by atoms with Gasteiger partial charge in [0, 0.05) is 10.7 Å². The topological polar surface area (TPSA) is 103 Å². The molecule has 2 aromatic heterocycles. The Morgan fingerprint density at radius 1 is 1.44 bits per heavy atom. The predicted octanol–water partition coefficient (Wildman–Crippen LogP) is -0.200. The Kier molecular flexibility index (Phi) is 2.58. The lowest BCUT2D eigenvalue weighted by atomic mass is 10.5. The lowest BCUT2D eigenvalue weighted by Crippen LogP contribution is -2.37. The number of aliphatic hydroxyl groups is 3. The largest absolute Gasteiger partial charge is 0.368 e. The van der Waals surface area contributed by atoms with E-state index in [0.717, 1.165) is 0 Å². The van der Waals surface area contributed by atoms with Gasteiger partial charge in [-0.25, -0.2) is 9.50 Å². The fraction of sp³-hybridized carbons (Fsp3) is 0.250. The summed E-state index contributed by atoms with van der Waals surface area (Å²) in [6, 6.07) is 1.72. The number of nitrogens with zero attached hydrogens (tertiary/aromatic N) is 3. The molecular weight excluding hydrogens is 280 g/mol. The molecule has 0 atom stereocenters. The Morgan fingerprint density at radius 2 is 2.12 bits per heavy atom. The summed E-state index contributed by atoms with van der Waals surface area (Å²) in [5, 5.41) is 32.7. The molecule has 0 unspecified atom stereocenters. The van der Waals surface area contributed by atoms with Gasteiger partial charge in [-0.1, -0.05) is 0 Å². The van der Waals surface area contributed by atoms with Crippen molar-refractivity contribution >= 4 is 27.3 Å². The quantitative estimate of drug-likeness (QED) is 0.571. The van der Waals surface area contributed by atoms with Gasteiger partial charge >= 0.3 is 6.10 Å². The summed E-state index contributed by atoms with van der Waals surface area (Å²) < 4.78 is 2.17. The van der Waals surface area contributed by atoms with Crippen LogP contribution in [0.2, 0.25) is 0 Å². The summed E-state index contributed by atoms with van der Waals surface area (Å²) in [7, 11) is 0. The first-order valence-corrected chi connectivity index (χ1v) is 5.13. The van der Waals surface area contributed by atoms with Crippen LogP contribution in [-0.4, -0.2) is 36.0 Å². The van der Waals surface area contributed by atoms with Crippen molar-refractivity contribution in [3.63, 3.8) is 0 Å². The van der Waals surface area contributed by atoms with Gasteiger partial charge in [-0.15, -0.1) is 0 Å². The number of aromatic nitrogens is 3. The molecule has 0 saturated heterocycles. The molecule has 8 heteroatoms. The van der Waals surface area contributed by atoms with Crippen molar-refractivity contribution in [3.05, 3.63) is 22.6 Å². The summed E-state index contributed by atoms with van der Waals surface area (Å²) >= 11 is 3.26. The zero-order chi connectivity index (χ0) is 11.9. The second-order valence-corrected chi connectivity index (χ2v) is 4.08. The van der Waals surface area contributed by atoms with E-state index in [-0.39, 0.29) is 5.82 Å². The average Bonchev–Trinajstić information content (AvgIpc) is 2.44. The van der Waals surface area contributed by atoms with Gasteiger partial charge in [0.05, 0.1) is 0 Å². The molecular formula is C8H9BrN4O3. The Morgan fingerprint density at radius 3 is 2.75 bits per heavy atom. The van der Waals surface area contributed by atoms with Crippen molar-refractivity contribution in [1.82, 2.24) is 14.6 Å². The molecule has 2 aromatic rings. The standard InChI is InChI=1S/C8H9BrN4O3/c1-4-10-7(11-8(14,15)16)6-5(9)2-3-13(6)12-4/h2-3,14-16H,1H3,(H,10,11,12). The summed E-state index contributed by atoms with van der Waals surface area (Å²) in [6.07, 6.45) is -1.35. The van der Waals surface area contributed by atoms with Gasteiger partial charge in [-0.2, -0.15) is 5.10 Å². The van der Waals surface area contributed by atoms with Gasteiger partial charge in [0.15, 0.2) is 5.82 Å². The van der Waals surface area contributed by atoms with Crippen LogP contribution in [0.25, 0.3) is 5.52 Å². The second kappa shape index (κ2) is 3.67. The molecule has 86 valence electrons. The minimum Gasteiger partial charge on any atom is -0.325 e. The lowest BCUT2D eigenvalue weighted by Gasteiger charge is -2.16. The van der Waals surface area contributed by atoms with E-state index in [2.05, 4.69) is 31.3 Å². The van der Waals surface area contributed by atoms with E-state index < -0.39 is 6.10 Å². The number of hydrogen-bond acceptors (Lipinski definition) is 6. The molecule has 0 spiro atoms. The maximum absolute atomic E-state index is 8.86.